The van der Waals surface area contributed by atoms with Crippen LogP contribution in [0.2, 0.25) is 0 Å². The van der Waals surface area contributed by atoms with Crippen molar-refractivity contribution in [1.29, 1.82) is 0 Å². The van der Waals surface area contributed by atoms with Crippen LogP contribution in [0, 0.1) is 0 Å². The second kappa shape index (κ2) is 6.82. The topological polar surface area (TPSA) is 66.8 Å². The van der Waals surface area contributed by atoms with Crippen molar-refractivity contribution in [3.8, 4) is 0 Å². The average molecular weight is 174 g/mol. The Bertz CT molecular complexity index is 153. The molecule has 0 aliphatic rings. The number of ether oxygens (including phenoxy) is 1. The highest BCUT2D eigenvalue weighted by atomic mass is 16.5. The molecular weight excluding hydrogens is 160 g/mol. The Hall–Kier alpha value is -0.870. The Balaban J connectivity index is 3.76. The zero-order chi connectivity index (χ0) is 9.40. The number of aliphatic hydroxyl groups excluding tert-OH is 2. The van der Waals surface area contributed by atoms with Crippen LogP contribution in [0.3, 0.4) is 0 Å². The second-order valence-electron chi connectivity index (χ2n) is 2.25. The fourth-order valence-electron chi connectivity index (χ4n) is 0.671. The Morgan fingerprint density at radius 2 is 2.25 bits per heavy atom. The molecule has 0 aromatic heterocycles. The van der Waals surface area contributed by atoms with Crippen molar-refractivity contribution in [2.24, 2.45) is 0 Å². The third-order valence-corrected chi connectivity index (χ3v) is 1.24. The number of aliphatic hydroxyl groups is 2. The molecule has 0 rings (SSSR count). The summed E-state index contributed by atoms with van der Waals surface area (Å²) in [5.41, 5.74) is 0. The lowest BCUT2D eigenvalue weighted by molar-refractivity contribution is -0.145. The van der Waals surface area contributed by atoms with Crippen LogP contribution in [0.4, 0.5) is 0 Å². The lowest BCUT2D eigenvalue weighted by Crippen LogP contribution is -2.22. The molecule has 0 heterocycles. The van der Waals surface area contributed by atoms with Crippen molar-refractivity contribution >= 4 is 5.97 Å². The van der Waals surface area contributed by atoms with E-state index in [2.05, 4.69) is 0 Å². The molecule has 0 aromatic rings. The molecule has 0 fully saturated rings. The number of carbonyl (C=O) groups excluding carboxylic acids is 1. The molecule has 1 unspecified atom stereocenters. The highest BCUT2D eigenvalue weighted by molar-refractivity contribution is 5.81. The summed E-state index contributed by atoms with van der Waals surface area (Å²) in [4.78, 5) is 10.8. The normalized spacial score (nSPS) is 13.2. The number of carbonyl (C=O) groups is 1. The molecular formula is C8H14O4. The summed E-state index contributed by atoms with van der Waals surface area (Å²) in [7, 11) is 0. The lowest BCUT2D eigenvalue weighted by atomic mass is 10.3. The third-order valence-electron chi connectivity index (χ3n) is 1.24. The summed E-state index contributed by atoms with van der Waals surface area (Å²) in [5, 5.41) is 17.2. The highest BCUT2D eigenvalue weighted by Gasteiger charge is 2.09. The van der Waals surface area contributed by atoms with Crippen LogP contribution in [0.1, 0.15) is 13.3 Å². The van der Waals surface area contributed by atoms with Crippen molar-refractivity contribution in [3.63, 3.8) is 0 Å². The van der Waals surface area contributed by atoms with E-state index in [9.17, 15) is 4.79 Å². The van der Waals surface area contributed by atoms with E-state index in [4.69, 9.17) is 14.9 Å². The van der Waals surface area contributed by atoms with Crippen molar-refractivity contribution in [2.75, 3.05) is 13.2 Å². The molecule has 0 saturated heterocycles. The summed E-state index contributed by atoms with van der Waals surface area (Å²) in [6, 6.07) is 0. The van der Waals surface area contributed by atoms with E-state index >= 15 is 0 Å². The van der Waals surface area contributed by atoms with E-state index in [1.165, 1.54) is 6.08 Å². The van der Waals surface area contributed by atoms with Gasteiger partial charge in [-0.05, 0) is 6.92 Å². The van der Waals surface area contributed by atoms with Crippen LogP contribution in [-0.4, -0.2) is 35.5 Å². The molecule has 1 atom stereocenters. The predicted molar refractivity (Wildman–Crippen MR) is 43.5 cm³/mol. The van der Waals surface area contributed by atoms with E-state index in [1.54, 1.807) is 13.0 Å². The van der Waals surface area contributed by atoms with Crippen LogP contribution in [-0.2, 0) is 9.53 Å². The summed E-state index contributed by atoms with van der Waals surface area (Å²) in [6.07, 6.45) is 2.48. The van der Waals surface area contributed by atoms with Gasteiger partial charge < -0.3 is 14.9 Å². The van der Waals surface area contributed by atoms with Crippen LogP contribution in [0.25, 0.3) is 0 Å². The lowest BCUT2D eigenvalue weighted by Gasteiger charge is -2.12. The minimum absolute atomic E-state index is 0.103. The van der Waals surface area contributed by atoms with Crippen LogP contribution in [0.15, 0.2) is 12.2 Å². The Morgan fingerprint density at radius 1 is 1.58 bits per heavy atom. The van der Waals surface area contributed by atoms with Crippen LogP contribution in [0.5, 0.6) is 0 Å². The second-order valence-corrected chi connectivity index (χ2v) is 2.25. The maximum Gasteiger partial charge on any atom is 0.330 e. The maximum atomic E-state index is 10.8. The molecule has 0 aromatic carbocycles. The molecule has 0 bridgehead atoms. The van der Waals surface area contributed by atoms with Gasteiger partial charge in [-0.25, -0.2) is 4.79 Å². The Labute approximate surface area is 71.5 Å². The average Bonchev–Trinajstić information content (AvgIpc) is 2.04. The first-order valence-corrected chi connectivity index (χ1v) is 3.79. The molecule has 0 radical (unpaired) electrons. The predicted octanol–water partition coefficient (Wildman–Crippen LogP) is -0.151. The SMILES string of the molecule is C/C=C/C(=O)OC(CO)CCO. The molecule has 12 heavy (non-hydrogen) atoms. The molecule has 4 heteroatoms. The van der Waals surface area contributed by atoms with E-state index < -0.39 is 12.1 Å². The van der Waals surface area contributed by atoms with Gasteiger partial charge in [0.05, 0.1) is 6.61 Å². The number of rotatable bonds is 5. The molecule has 0 saturated carbocycles. The van der Waals surface area contributed by atoms with Gasteiger partial charge in [0, 0.05) is 19.1 Å². The molecule has 2 N–H and O–H groups in total. The van der Waals surface area contributed by atoms with Gasteiger partial charge in [0.15, 0.2) is 0 Å². The summed E-state index contributed by atoms with van der Waals surface area (Å²) in [6.45, 7) is 1.33. The van der Waals surface area contributed by atoms with Crippen LogP contribution < -0.4 is 0 Å². The highest BCUT2D eigenvalue weighted by Crippen LogP contribution is 1.97. The fraction of sp³-hybridized carbons (Fsp3) is 0.625. The largest absolute Gasteiger partial charge is 0.457 e. The first-order chi connectivity index (χ1) is 5.74. The molecule has 0 aliphatic heterocycles. The van der Waals surface area contributed by atoms with E-state index in [-0.39, 0.29) is 19.6 Å². The van der Waals surface area contributed by atoms with E-state index in [1.807, 2.05) is 0 Å². The standard InChI is InChI=1S/C8H14O4/c1-2-3-8(11)12-7(6-10)4-5-9/h2-3,7,9-10H,4-6H2,1H3/b3-2+. The maximum absolute atomic E-state index is 10.8. The van der Waals surface area contributed by atoms with Crippen molar-refractivity contribution in [2.45, 2.75) is 19.4 Å². The van der Waals surface area contributed by atoms with Gasteiger partial charge in [0.1, 0.15) is 6.10 Å². The minimum Gasteiger partial charge on any atom is -0.457 e. The number of hydrogen-bond acceptors (Lipinski definition) is 4. The number of allylic oxidation sites excluding steroid dienone is 1. The van der Waals surface area contributed by atoms with E-state index in [0.29, 0.717) is 0 Å². The van der Waals surface area contributed by atoms with Crippen LogP contribution >= 0.6 is 0 Å². The number of hydrogen-bond donors (Lipinski definition) is 2. The fourth-order valence-corrected chi connectivity index (χ4v) is 0.671. The van der Waals surface area contributed by atoms with Gasteiger partial charge in [0.2, 0.25) is 0 Å². The van der Waals surface area contributed by atoms with Gasteiger partial charge >= 0.3 is 5.97 Å². The van der Waals surface area contributed by atoms with E-state index in [0.717, 1.165) is 0 Å². The molecule has 0 aliphatic carbocycles. The molecule has 0 spiro atoms. The molecule has 0 amide bonds. The van der Waals surface area contributed by atoms with Gasteiger partial charge in [0.25, 0.3) is 0 Å². The summed E-state index contributed by atoms with van der Waals surface area (Å²) >= 11 is 0. The number of esters is 1. The zero-order valence-electron chi connectivity index (χ0n) is 7.06. The van der Waals surface area contributed by atoms with Crippen molar-refractivity contribution in [1.82, 2.24) is 0 Å². The first-order valence-electron chi connectivity index (χ1n) is 3.79. The Kier molecular flexibility index (Phi) is 6.32. The summed E-state index contributed by atoms with van der Waals surface area (Å²) in [5.74, 6) is -0.495. The zero-order valence-corrected chi connectivity index (χ0v) is 7.06. The molecule has 4 nitrogen and oxygen atoms in total. The molecule has 70 valence electrons. The smallest absolute Gasteiger partial charge is 0.330 e. The van der Waals surface area contributed by atoms with Gasteiger partial charge in [-0.15, -0.1) is 0 Å². The third kappa shape index (κ3) is 4.87. The quantitative estimate of drug-likeness (QED) is 0.449. The minimum atomic E-state index is -0.598. The van der Waals surface area contributed by atoms with Gasteiger partial charge in [-0.1, -0.05) is 6.08 Å². The summed E-state index contributed by atoms with van der Waals surface area (Å²) < 4.78 is 4.74. The van der Waals surface area contributed by atoms with Crippen molar-refractivity contribution in [3.05, 3.63) is 12.2 Å². The van der Waals surface area contributed by atoms with Crippen molar-refractivity contribution < 1.29 is 19.7 Å². The first kappa shape index (κ1) is 11.1. The monoisotopic (exact) mass is 174 g/mol. The van der Waals surface area contributed by atoms with Gasteiger partial charge in [-0.3, -0.25) is 0 Å². The van der Waals surface area contributed by atoms with Gasteiger partial charge in [-0.2, -0.15) is 0 Å². The Morgan fingerprint density at radius 3 is 2.67 bits per heavy atom.